The van der Waals surface area contributed by atoms with Gasteiger partial charge in [-0.25, -0.2) is 0 Å². The molecule has 1 fully saturated rings. The second-order valence-electron chi connectivity index (χ2n) is 5.13. The molecule has 100 valence electrons. The fourth-order valence-corrected chi connectivity index (χ4v) is 2.88. The normalized spacial score (nSPS) is 20.2. The van der Waals surface area contributed by atoms with E-state index in [4.69, 9.17) is 0 Å². The third kappa shape index (κ3) is 2.26. The number of carbonyl (C=O) groups is 1. The Morgan fingerprint density at radius 3 is 3.05 bits per heavy atom. The van der Waals surface area contributed by atoms with Crippen molar-refractivity contribution in [3.63, 3.8) is 0 Å². The number of fused-ring (bicyclic) bond motifs is 1. The van der Waals surface area contributed by atoms with Crippen molar-refractivity contribution >= 4 is 11.9 Å². The fourth-order valence-electron chi connectivity index (χ4n) is 2.88. The van der Waals surface area contributed by atoms with Crippen LogP contribution in [0.1, 0.15) is 29.7 Å². The Labute approximate surface area is 112 Å². The van der Waals surface area contributed by atoms with Crippen LogP contribution in [0.2, 0.25) is 0 Å². The lowest BCUT2D eigenvalue weighted by Gasteiger charge is -2.12. The summed E-state index contributed by atoms with van der Waals surface area (Å²) < 4.78 is 1.88. The molecular weight excluding hydrogens is 240 g/mol. The van der Waals surface area contributed by atoms with Crippen molar-refractivity contribution in [1.29, 1.82) is 0 Å². The standard InChI is InChI=1S/C14H18N4O/c1-2-17-7-6-11(9-17)8-14-16-15-13-5-3-4-12(10-19)18(13)14/h3-5,10-11H,2,6-9H2,1H3. The summed E-state index contributed by atoms with van der Waals surface area (Å²) >= 11 is 0. The van der Waals surface area contributed by atoms with Gasteiger partial charge in [-0.15, -0.1) is 10.2 Å². The van der Waals surface area contributed by atoms with Gasteiger partial charge in [-0.2, -0.15) is 0 Å². The van der Waals surface area contributed by atoms with Gasteiger partial charge < -0.3 is 4.90 Å². The van der Waals surface area contributed by atoms with Crippen molar-refractivity contribution < 1.29 is 4.79 Å². The lowest BCUT2D eigenvalue weighted by Crippen LogP contribution is -2.20. The van der Waals surface area contributed by atoms with E-state index in [1.165, 1.54) is 13.0 Å². The molecule has 1 saturated heterocycles. The summed E-state index contributed by atoms with van der Waals surface area (Å²) in [6.07, 6.45) is 2.96. The largest absolute Gasteiger partial charge is 0.303 e. The molecule has 5 heteroatoms. The Hall–Kier alpha value is -1.75. The second-order valence-corrected chi connectivity index (χ2v) is 5.13. The van der Waals surface area contributed by atoms with Gasteiger partial charge in [-0.05, 0) is 37.6 Å². The molecule has 0 amide bonds. The molecule has 3 rings (SSSR count). The summed E-state index contributed by atoms with van der Waals surface area (Å²) in [5.41, 5.74) is 1.38. The minimum atomic E-state index is 0.618. The molecule has 0 bridgehead atoms. The van der Waals surface area contributed by atoms with E-state index in [2.05, 4.69) is 22.0 Å². The molecule has 2 aromatic rings. The van der Waals surface area contributed by atoms with Gasteiger partial charge in [-0.1, -0.05) is 13.0 Å². The molecule has 1 atom stereocenters. The van der Waals surface area contributed by atoms with E-state index >= 15 is 0 Å². The van der Waals surface area contributed by atoms with Crippen molar-refractivity contribution in [1.82, 2.24) is 19.5 Å². The monoisotopic (exact) mass is 258 g/mol. The van der Waals surface area contributed by atoms with E-state index < -0.39 is 0 Å². The lowest BCUT2D eigenvalue weighted by atomic mass is 10.0. The number of hydrogen-bond donors (Lipinski definition) is 0. The molecule has 0 N–H and O–H groups in total. The molecule has 0 aromatic carbocycles. The molecule has 3 heterocycles. The summed E-state index contributed by atoms with van der Waals surface area (Å²) in [5.74, 6) is 1.52. The minimum Gasteiger partial charge on any atom is -0.303 e. The van der Waals surface area contributed by atoms with Crippen LogP contribution >= 0.6 is 0 Å². The summed E-state index contributed by atoms with van der Waals surface area (Å²) in [6.45, 7) is 5.59. The number of likely N-dealkylation sites (tertiary alicyclic amines) is 1. The van der Waals surface area contributed by atoms with Crippen LogP contribution in [0.25, 0.3) is 5.65 Å². The van der Waals surface area contributed by atoms with Gasteiger partial charge in [0.05, 0.1) is 5.69 Å². The first-order valence-corrected chi connectivity index (χ1v) is 6.82. The topological polar surface area (TPSA) is 50.5 Å². The zero-order chi connectivity index (χ0) is 13.2. The molecule has 1 unspecified atom stereocenters. The average Bonchev–Trinajstić information content (AvgIpc) is 3.06. The van der Waals surface area contributed by atoms with E-state index in [1.807, 2.05) is 16.5 Å². The number of pyridine rings is 1. The van der Waals surface area contributed by atoms with Crippen molar-refractivity contribution in [3.05, 3.63) is 29.7 Å². The van der Waals surface area contributed by atoms with Crippen LogP contribution in [0.4, 0.5) is 0 Å². The van der Waals surface area contributed by atoms with Gasteiger partial charge in [-0.3, -0.25) is 9.20 Å². The maximum atomic E-state index is 11.1. The van der Waals surface area contributed by atoms with Crippen LogP contribution in [-0.2, 0) is 6.42 Å². The van der Waals surface area contributed by atoms with E-state index in [0.29, 0.717) is 11.6 Å². The maximum Gasteiger partial charge on any atom is 0.166 e. The van der Waals surface area contributed by atoms with Crippen molar-refractivity contribution in [2.75, 3.05) is 19.6 Å². The molecule has 0 aliphatic carbocycles. The third-order valence-electron chi connectivity index (χ3n) is 3.93. The van der Waals surface area contributed by atoms with E-state index in [9.17, 15) is 4.79 Å². The number of nitrogens with zero attached hydrogens (tertiary/aromatic N) is 4. The highest BCUT2D eigenvalue weighted by molar-refractivity contribution is 5.73. The molecule has 5 nitrogen and oxygen atoms in total. The van der Waals surface area contributed by atoms with Gasteiger partial charge >= 0.3 is 0 Å². The minimum absolute atomic E-state index is 0.618. The van der Waals surface area contributed by atoms with Crippen molar-refractivity contribution in [3.8, 4) is 0 Å². The second kappa shape index (κ2) is 5.09. The molecule has 19 heavy (non-hydrogen) atoms. The Kier molecular flexibility index (Phi) is 3.29. The smallest absolute Gasteiger partial charge is 0.166 e. The fraction of sp³-hybridized carbons (Fsp3) is 0.500. The van der Waals surface area contributed by atoms with Gasteiger partial charge in [0.1, 0.15) is 5.82 Å². The van der Waals surface area contributed by atoms with Gasteiger partial charge in [0.15, 0.2) is 11.9 Å². The van der Waals surface area contributed by atoms with Crippen LogP contribution in [0.5, 0.6) is 0 Å². The number of aromatic nitrogens is 3. The highest BCUT2D eigenvalue weighted by atomic mass is 16.1. The molecule has 2 aromatic heterocycles. The Balaban J connectivity index is 1.87. The highest BCUT2D eigenvalue weighted by Crippen LogP contribution is 2.20. The number of rotatable bonds is 4. The van der Waals surface area contributed by atoms with E-state index in [1.54, 1.807) is 6.07 Å². The third-order valence-corrected chi connectivity index (χ3v) is 3.93. The first-order chi connectivity index (χ1) is 9.31. The number of hydrogen-bond acceptors (Lipinski definition) is 4. The maximum absolute atomic E-state index is 11.1. The highest BCUT2D eigenvalue weighted by Gasteiger charge is 2.23. The molecule has 1 aliphatic rings. The van der Waals surface area contributed by atoms with Crippen molar-refractivity contribution in [2.24, 2.45) is 5.92 Å². The van der Waals surface area contributed by atoms with Crippen LogP contribution < -0.4 is 0 Å². The number of aldehydes is 1. The summed E-state index contributed by atoms with van der Waals surface area (Å²) in [7, 11) is 0. The molecule has 0 radical (unpaired) electrons. The lowest BCUT2D eigenvalue weighted by molar-refractivity contribution is 0.111. The molecule has 0 spiro atoms. The predicted molar refractivity (Wildman–Crippen MR) is 72.3 cm³/mol. The predicted octanol–water partition coefficient (Wildman–Crippen LogP) is 1.43. The van der Waals surface area contributed by atoms with E-state index in [-0.39, 0.29) is 0 Å². The SMILES string of the molecule is CCN1CCC(Cc2nnc3cccc(C=O)n23)C1. The van der Waals surface area contributed by atoms with Crippen LogP contribution in [0.15, 0.2) is 18.2 Å². The summed E-state index contributed by atoms with van der Waals surface area (Å²) in [4.78, 5) is 13.6. The quantitative estimate of drug-likeness (QED) is 0.778. The first kappa shape index (κ1) is 12.3. The summed E-state index contributed by atoms with van der Waals surface area (Å²) in [6, 6.07) is 5.53. The zero-order valence-corrected chi connectivity index (χ0v) is 11.1. The first-order valence-electron chi connectivity index (χ1n) is 6.82. The van der Waals surface area contributed by atoms with Gasteiger partial charge in [0.25, 0.3) is 0 Å². The van der Waals surface area contributed by atoms with Gasteiger partial charge in [0.2, 0.25) is 0 Å². The van der Waals surface area contributed by atoms with Crippen molar-refractivity contribution in [2.45, 2.75) is 19.8 Å². The van der Waals surface area contributed by atoms with E-state index in [0.717, 1.165) is 37.3 Å². The molecular formula is C14H18N4O. The zero-order valence-electron chi connectivity index (χ0n) is 11.1. The van der Waals surface area contributed by atoms with Crippen LogP contribution in [0, 0.1) is 5.92 Å². The Morgan fingerprint density at radius 2 is 2.32 bits per heavy atom. The summed E-state index contributed by atoms with van der Waals surface area (Å²) in [5, 5.41) is 8.40. The Morgan fingerprint density at radius 1 is 1.42 bits per heavy atom. The van der Waals surface area contributed by atoms with Crippen LogP contribution in [-0.4, -0.2) is 45.4 Å². The molecule has 1 aliphatic heterocycles. The Bertz CT molecular complexity index is 592. The molecule has 0 saturated carbocycles. The average molecular weight is 258 g/mol. The number of carbonyl (C=O) groups excluding carboxylic acids is 1. The van der Waals surface area contributed by atoms with Crippen LogP contribution in [0.3, 0.4) is 0 Å². The van der Waals surface area contributed by atoms with Gasteiger partial charge in [0, 0.05) is 13.0 Å².